The number of hydrogen-bond donors (Lipinski definition) is 1. The molecule has 0 amide bonds. The van der Waals surface area contributed by atoms with Crippen molar-refractivity contribution in [2.45, 2.75) is 4.90 Å². The van der Waals surface area contributed by atoms with Gasteiger partial charge in [-0.1, -0.05) is 12.2 Å². The third-order valence-corrected chi connectivity index (χ3v) is 6.03. The Kier molecular flexibility index (Phi) is 7.21. The van der Waals surface area contributed by atoms with Crippen LogP contribution in [-0.4, -0.2) is 41.8 Å². The van der Waals surface area contributed by atoms with Gasteiger partial charge in [-0.15, -0.1) is 0 Å². The van der Waals surface area contributed by atoms with E-state index in [0.29, 0.717) is 22.7 Å². The van der Waals surface area contributed by atoms with Gasteiger partial charge in [0.15, 0.2) is 4.90 Å². The zero-order chi connectivity index (χ0) is 23.1. The fourth-order valence-corrected chi connectivity index (χ4v) is 4.39. The lowest BCUT2D eigenvalue weighted by molar-refractivity contribution is 0.359. The van der Waals surface area contributed by atoms with Gasteiger partial charge in [0.25, 0.3) is 10.0 Å². The number of benzene rings is 2. The summed E-state index contributed by atoms with van der Waals surface area (Å²) in [6.07, 6.45) is 7.00. The molecular weight excluding hydrogens is 432 g/mol. The predicted octanol–water partition coefficient (Wildman–Crippen LogP) is 4.09. The number of pyridine rings is 1. The molecule has 2 aromatic carbocycles. The van der Waals surface area contributed by atoms with Crippen molar-refractivity contribution in [3.05, 3.63) is 66.0 Å². The fraction of sp³-hybridized carbons (Fsp3) is 0.174. The van der Waals surface area contributed by atoms with Gasteiger partial charge in [0.1, 0.15) is 23.0 Å². The summed E-state index contributed by atoms with van der Waals surface area (Å²) in [7, 11) is 1.68. The van der Waals surface area contributed by atoms with Gasteiger partial charge in [-0.2, -0.15) is 0 Å². The molecule has 0 saturated carbocycles. The number of aromatic nitrogens is 1. The molecule has 0 radical (unpaired) electrons. The van der Waals surface area contributed by atoms with Crippen molar-refractivity contribution in [1.29, 1.82) is 0 Å². The quantitative estimate of drug-likeness (QED) is 0.518. The molecule has 0 fully saturated rings. The molecule has 32 heavy (non-hydrogen) atoms. The summed E-state index contributed by atoms with van der Waals surface area (Å²) in [4.78, 5) is 3.86. The molecular formula is C23H24N2O6S. The molecule has 9 heteroatoms. The SMILES string of the molecule is COc1ccc(NS(=O)(=O)c2c(OC)cc(OC)cc2OC)c(/C=C/c2ccncc2)c1. The van der Waals surface area contributed by atoms with Gasteiger partial charge in [-0.05, 0) is 35.9 Å². The van der Waals surface area contributed by atoms with Gasteiger partial charge in [0.05, 0.1) is 34.1 Å². The largest absolute Gasteiger partial charge is 0.497 e. The maximum Gasteiger partial charge on any atom is 0.269 e. The van der Waals surface area contributed by atoms with Crippen LogP contribution in [0.25, 0.3) is 12.2 Å². The Labute approximate surface area is 187 Å². The minimum Gasteiger partial charge on any atom is -0.497 e. The van der Waals surface area contributed by atoms with Crippen molar-refractivity contribution in [1.82, 2.24) is 4.98 Å². The first-order valence-electron chi connectivity index (χ1n) is 9.50. The van der Waals surface area contributed by atoms with Crippen LogP contribution in [-0.2, 0) is 10.0 Å². The van der Waals surface area contributed by atoms with Crippen LogP contribution in [0.2, 0.25) is 0 Å². The van der Waals surface area contributed by atoms with Crippen LogP contribution in [0, 0.1) is 0 Å². The lowest BCUT2D eigenvalue weighted by atomic mass is 10.1. The third kappa shape index (κ3) is 5.12. The maximum atomic E-state index is 13.4. The van der Waals surface area contributed by atoms with Crippen LogP contribution in [0.5, 0.6) is 23.0 Å². The number of sulfonamides is 1. The van der Waals surface area contributed by atoms with Crippen molar-refractivity contribution < 1.29 is 27.4 Å². The molecule has 1 aromatic heterocycles. The zero-order valence-electron chi connectivity index (χ0n) is 18.2. The first kappa shape index (κ1) is 23.0. The Morgan fingerprint density at radius 2 is 1.41 bits per heavy atom. The number of methoxy groups -OCH3 is 4. The first-order valence-corrected chi connectivity index (χ1v) is 11.0. The number of rotatable bonds is 9. The van der Waals surface area contributed by atoms with Crippen molar-refractivity contribution >= 4 is 27.9 Å². The minimum absolute atomic E-state index is 0.0936. The normalized spacial score (nSPS) is 11.2. The Balaban J connectivity index is 2.06. The number of hydrogen-bond acceptors (Lipinski definition) is 7. The van der Waals surface area contributed by atoms with Crippen molar-refractivity contribution in [3.8, 4) is 23.0 Å². The van der Waals surface area contributed by atoms with Crippen LogP contribution in [0.1, 0.15) is 11.1 Å². The number of nitrogens with zero attached hydrogens (tertiary/aromatic N) is 1. The third-order valence-electron chi connectivity index (χ3n) is 4.60. The van der Waals surface area contributed by atoms with E-state index in [1.54, 1.807) is 43.8 Å². The Morgan fingerprint density at radius 3 is 1.97 bits per heavy atom. The van der Waals surface area contributed by atoms with Crippen LogP contribution in [0.15, 0.2) is 59.8 Å². The molecule has 1 heterocycles. The zero-order valence-corrected chi connectivity index (χ0v) is 19.0. The Morgan fingerprint density at radius 1 is 0.781 bits per heavy atom. The van der Waals surface area contributed by atoms with Crippen LogP contribution < -0.4 is 23.7 Å². The monoisotopic (exact) mass is 456 g/mol. The molecule has 1 N–H and O–H groups in total. The van der Waals surface area contributed by atoms with E-state index in [1.807, 2.05) is 18.2 Å². The van der Waals surface area contributed by atoms with Gasteiger partial charge < -0.3 is 18.9 Å². The lowest BCUT2D eigenvalue weighted by Gasteiger charge is -2.17. The van der Waals surface area contributed by atoms with Gasteiger partial charge >= 0.3 is 0 Å². The molecule has 0 atom stereocenters. The van der Waals surface area contributed by atoms with E-state index < -0.39 is 10.0 Å². The average Bonchev–Trinajstić information content (AvgIpc) is 2.82. The van der Waals surface area contributed by atoms with Gasteiger partial charge in [-0.3, -0.25) is 9.71 Å². The summed E-state index contributed by atoms with van der Waals surface area (Å²) in [6.45, 7) is 0. The molecule has 0 unspecified atom stereocenters. The van der Waals surface area contributed by atoms with Crippen molar-refractivity contribution in [2.24, 2.45) is 0 Å². The summed E-state index contributed by atoms with van der Waals surface area (Å²) < 4.78 is 50.5. The number of nitrogens with one attached hydrogen (secondary N) is 1. The Bertz CT molecular complexity index is 1190. The molecule has 168 valence electrons. The molecule has 0 spiro atoms. The topological polar surface area (TPSA) is 96.0 Å². The van der Waals surface area contributed by atoms with E-state index in [-0.39, 0.29) is 16.4 Å². The van der Waals surface area contributed by atoms with Gasteiger partial charge in [-0.25, -0.2) is 8.42 Å². The van der Waals surface area contributed by atoms with Gasteiger partial charge in [0, 0.05) is 30.1 Å². The summed E-state index contributed by atoms with van der Waals surface area (Å²) in [5, 5.41) is 0. The van der Waals surface area contributed by atoms with Gasteiger partial charge in [0.2, 0.25) is 0 Å². The molecule has 0 saturated heterocycles. The number of anilines is 1. The second kappa shape index (κ2) is 10.1. The van der Waals surface area contributed by atoms with E-state index in [1.165, 1.54) is 33.5 Å². The highest BCUT2D eigenvalue weighted by atomic mass is 32.2. The first-order chi connectivity index (χ1) is 15.4. The van der Waals surface area contributed by atoms with E-state index >= 15 is 0 Å². The highest BCUT2D eigenvalue weighted by molar-refractivity contribution is 7.93. The van der Waals surface area contributed by atoms with Crippen molar-refractivity contribution in [3.63, 3.8) is 0 Å². The van der Waals surface area contributed by atoms with E-state index in [4.69, 9.17) is 18.9 Å². The molecule has 3 aromatic rings. The van der Waals surface area contributed by atoms with Crippen LogP contribution in [0.3, 0.4) is 0 Å². The van der Waals surface area contributed by atoms with Crippen LogP contribution in [0.4, 0.5) is 5.69 Å². The average molecular weight is 457 g/mol. The lowest BCUT2D eigenvalue weighted by Crippen LogP contribution is -2.16. The highest BCUT2D eigenvalue weighted by Crippen LogP contribution is 2.39. The molecule has 0 aliphatic heterocycles. The summed E-state index contributed by atoms with van der Waals surface area (Å²) in [6, 6.07) is 11.7. The van der Waals surface area contributed by atoms with E-state index in [0.717, 1.165) is 5.56 Å². The molecule has 0 aliphatic rings. The standard InChI is InChI=1S/C23H24N2O6S/c1-28-18-7-8-20(17(13-18)6-5-16-9-11-24-12-10-16)25-32(26,27)23-21(30-3)14-19(29-2)15-22(23)31-4/h5-15,25H,1-4H3/b6-5+. The summed E-state index contributed by atoms with van der Waals surface area (Å²) in [5.41, 5.74) is 1.88. The van der Waals surface area contributed by atoms with Crippen LogP contribution >= 0.6 is 0 Å². The second-order valence-electron chi connectivity index (χ2n) is 6.53. The maximum absolute atomic E-state index is 13.4. The Hall–Kier alpha value is -3.72. The smallest absolute Gasteiger partial charge is 0.269 e. The fourth-order valence-electron chi connectivity index (χ4n) is 2.99. The summed E-state index contributed by atoms with van der Waals surface area (Å²) in [5.74, 6) is 1.18. The molecule has 0 bridgehead atoms. The van der Waals surface area contributed by atoms with E-state index in [9.17, 15) is 8.42 Å². The van der Waals surface area contributed by atoms with E-state index in [2.05, 4.69) is 9.71 Å². The highest BCUT2D eigenvalue weighted by Gasteiger charge is 2.27. The minimum atomic E-state index is -4.09. The molecule has 8 nitrogen and oxygen atoms in total. The predicted molar refractivity (Wildman–Crippen MR) is 123 cm³/mol. The van der Waals surface area contributed by atoms with Crippen molar-refractivity contribution in [2.75, 3.05) is 33.2 Å². The molecule has 0 aliphatic carbocycles. The summed E-state index contributed by atoms with van der Waals surface area (Å²) >= 11 is 0. The number of ether oxygens (including phenoxy) is 4. The second-order valence-corrected chi connectivity index (χ2v) is 8.15. The molecule has 3 rings (SSSR count).